The normalized spacial score (nSPS) is 12.9. The number of nitriles is 2. The number of ketones is 1. The summed E-state index contributed by atoms with van der Waals surface area (Å²) in [4.78, 5) is 11.5. The molecule has 0 saturated carbocycles. The SMILES string of the molecule is COc1cccc2c(C#N)cccc12.COc1cccc2c1CCC=C2C#N.COc1cccc2c1CCCC2=O. The van der Waals surface area contributed by atoms with Crippen LogP contribution in [-0.2, 0) is 12.8 Å². The highest BCUT2D eigenvalue weighted by Crippen LogP contribution is 2.32. The lowest BCUT2D eigenvalue weighted by Crippen LogP contribution is -2.11. The van der Waals surface area contributed by atoms with E-state index >= 15 is 0 Å². The molecule has 206 valence electrons. The molecule has 0 heterocycles. The molecule has 4 aromatic rings. The predicted octanol–water partition coefficient (Wildman–Crippen LogP) is 7.48. The third-order valence-corrected chi connectivity index (χ3v) is 7.21. The van der Waals surface area contributed by atoms with Crippen molar-refractivity contribution in [1.82, 2.24) is 0 Å². The molecule has 2 aliphatic rings. The van der Waals surface area contributed by atoms with Gasteiger partial charge in [0.25, 0.3) is 0 Å². The quantitative estimate of drug-likeness (QED) is 0.265. The van der Waals surface area contributed by atoms with Crippen LogP contribution in [0.5, 0.6) is 17.2 Å². The van der Waals surface area contributed by atoms with E-state index in [0.717, 1.165) is 81.5 Å². The lowest BCUT2D eigenvalue weighted by Gasteiger charge is -2.16. The first-order valence-electron chi connectivity index (χ1n) is 13.5. The van der Waals surface area contributed by atoms with Crippen LogP contribution in [0.1, 0.15) is 51.9 Å². The van der Waals surface area contributed by atoms with Gasteiger partial charge < -0.3 is 14.2 Å². The maximum absolute atomic E-state index is 11.5. The summed E-state index contributed by atoms with van der Waals surface area (Å²) in [5.41, 5.74) is 5.57. The van der Waals surface area contributed by atoms with Gasteiger partial charge in [-0.05, 0) is 55.5 Å². The van der Waals surface area contributed by atoms with Gasteiger partial charge in [-0.25, -0.2) is 0 Å². The maximum atomic E-state index is 11.5. The third-order valence-electron chi connectivity index (χ3n) is 7.21. The molecule has 0 spiro atoms. The fourth-order valence-corrected chi connectivity index (χ4v) is 5.24. The number of rotatable bonds is 3. The largest absolute Gasteiger partial charge is 0.496 e. The van der Waals surface area contributed by atoms with Crippen molar-refractivity contribution in [2.24, 2.45) is 0 Å². The van der Waals surface area contributed by atoms with Crippen molar-refractivity contribution >= 4 is 22.1 Å². The minimum atomic E-state index is 0.250. The molecule has 6 heteroatoms. The van der Waals surface area contributed by atoms with Crippen LogP contribution < -0.4 is 14.2 Å². The second kappa shape index (κ2) is 13.8. The van der Waals surface area contributed by atoms with Crippen molar-refractivity contribution < 1.29 is 19.0 Å². The zero-order chi connectivity index (χ0) is 29.2. The number of methoxy groups -OCH3 is 3. The number of carbonyl (C=O) groups excluding carboxylic acids is 1. The lowest BCUT2D eigenvalue weighted by molar-refractivity contribution is 0.0971. The first-order chi connectivity index (χ1) is 20.1. The smallest absolute Gasteiger partial charge is 0.163 e. The van der Waals surface area contributed by atoms with Crippen molar-refractivity contribution in [1.29, 1.82) is 10.5 Å². The molecule has 41 heavy (non-hydrogen) atoms. The summed E-state index contributed by atoms with van der Waals surface area (Å²) < 4.78 is 15.7. The molecular weight excluding hydrogens is 512 g/mol. The van der Waals surface area contributed by atoms with Crippen LogP contribution in [-0.4, -0.2) is 27.1 Å². The van der Waals surface area contributed by atoms with Crippen LogP contribution in [0.4, 0.5) is 0 Å². The Kier molecular flexibility index (Phi) is 9.75. The van der Waals surface area contributed by atoms with Crippen molar-refractivity contribution in [2.45, 2.75) is 32.1 Å². The van der Waals surface area contributed by atoms with E-state index < -0.39 is 0 Å². The van der Waals surface area contributed by atoms with E-state index in [1.807, 2.05) is 78.9 Å². The molecule has 0 unspecified atom stereocenters. The highest BCUT2D eigenvalue weighted by Gasteiger charge is 2.19. The van der Waals surface area contributed by atoms with E-state index in [9.17, 15) is 4.79 Å². The molecule has 0 bridgehead atoms. The van der Waals surface area contributed by atoms with E-state index in [1.165, 1.54) is 0 Å². The number of hydrogen-bond donors (Lipinski definition) is 0. The Bertz CT molecular complexity index is 1670. The van der Waals surface area contributed by atoms with Crippen molar-refractivity contribution in [3.8, 4) is 29.4 Å². The van der Waals surface area contributed by atoms with Crippen LogP contribution in [0.15, 0.2) is 78.9 Å². The van der Waals surface area contributed by atoms with Crippen molar-refractivity contribution in [3.05, 3.63) is 107 Å². The predicted molar refractivity (Wildman–Crippen MR) is 160 cm³/mol. The fourth-order valence-electron chi connectivity index (χ4n) is 5.24. The number of hydrogen-bond acceptors (Lipinski definition) is 6. The van der Waals surface area contributed by atoms with E-state index in [2.05, 4.69) is 12.1 Å². The number of fused-ring (bicyclic) bond motifs is 3. The molecule has 2 aliphatic carbocycles. The molecular formula is C35H32N2O4. The number of ether oxygens (including phenoxy) is 3. The zero-order valence-electron chi connectivity index (χ0n) is 23.6. The summed E-state index contributed by atoms with van der Waals surface area (Å²) in [5, 5.41) is 19.8. The lowest BCUT2D eigenvalue weighted by atomic mass is 9.90. The number of benzene rings is 4. The fraction of sp³-hybridized carbons (Fsp3) is 0.229. The Morgan fingerprint density at radius 2 is 1.22 bits per heavy atom. The number of carbonyl (C=O) groups is 1. The second-order valence-electron chi connectivity index (χ2n) is 9.49. The van der Waals surface area contributed by atoms with Crippen LogP contribution in [0.25, 0.3) is 16.3 Å². The maximum Gasteiger partial charge on any atom is 0.163 e. The first-order valence-corrected chi connectivity index (χ1v) is 13.5. The molecule has 6 nitrogen and oxygen atoms in total. The second-order valence-corrected chi connectivity index (χ2v) is 9.49. The molecule has 0 fully saturated rings. The van der Waals surface area contributed by atoms with Crippen molar-refractivity contribution in [3.63, 3.8) is 0 Å². The summed E-state index contributed by atoms with van der Waals surface area (Å²) in [6.07, 6.45) is 6.47. The summed E-state index contributed by atoms with van der Waals surface area (Å²) in [7, 11) is 4.95. The Morgan fingerprint density at radius 1 is 0.634 bits per heavy atom. The third kappa shape index (κ3) is 6.40. The van der Waals surface area contributed by atoms with Gasteiger partial charge in [0.2, 0.25) is 0 Å². The van der Waals surface area contributed by atoms with E-state index in [1.54, 1.807) is 21.3 Å². The van der Waals surface area contributed by atoms with Gasteiger partial charge in [0.1, 0.15) is 17.2 Å². The Morgan fingerprint density at radius 3 is 1.88 bits per heavy atom. The standard InChI is InChI=1S/C12H11NO.C12H9NO.C11H12O2/c2*1-14-12-7-3-5-10-9(8-13)4-2-6-11(10)12;1-13-11-7-3-4-8-9(11)5-2-6-10(8)12/h3-5,7H,2,6H2,1H3;2-7H,1H3;3-4,7H,2,5-6H2,1H3. The molecule has 0 radical (unpaired) electrons. The van der Waals surface area contributed by atoms with Gasteiger partial charge in [-0.1, -0.05) is 54.6 Å². The highest BCUT2D eigenvalue weighted by atomic mass is 16.5. The van der Waals surface area contributed by atoms with Gasteiger partial charge >= 0.3 is 0 Å². The van der Waals surface area contributed by atoms with E-state index in [-0.39, 0.29) is 5.78 Å². The summed E-state index contributed by atoms with van der Waals surface area (Å²) in [5.74, 6) is 2.80. The van der Waals surface area contributed by atoms with Crippen LogP contribution >= 0.6 is 0 Å². The monoisotopic (exact) mass is 544 g/mol. The topological polar surface area (TPSA) is 92.3 Å². The van der Waals surface area contributed by atoms with E-state index in [0.29, 0.717) is 12.0 Å². The number of nitrogens with zero attached hydrogens (tertiary/aromatic N) is 2. The minimum absolute atomic E-state index is 0.250. The van der Waals surface area contributed by atoms with Crippen LogP contribution in [0.3, 0.4) is 0 Å². The molecule has 0 N–H and O–H groups in total. The molecule has 0 atom stereocenters. The van der Waals surface area contributed by atoms with Crippen LogP contribution in [0.2, 0.25) is 0 Å². The average molecular weight is 545 g/mol. The Hall–Kier alpha value is -5.07. The first kappa shape index (κ1) is 28.9. The highest BCUT2D eigenvalue weighted by molar-refractivity contribution is 5.99. The average Bonchev–Trinajstić information content (AvgIpc) is 3.04. The number of Topliss-reactive ketones (excluding diaryl/α,β-unsaturated/α-hetero) is 1. The summed E-state index contributed by atoms with van der Waals surface area (Å²) >= 11 is 0. The van der Waals surface area contributed by atoms with Crippen molar-refractivity contribution in [2.75, 3.05) is 21.3 Å². The molecule has 0 aliphatic heterocycles. The van der Waals surface area contributed by atoms with Gasteiger partial charge in [0.05, 0.1) is 44.6 Å². The zero-order valence-corrected chi connectivity index (χ0v) is 23.6. The molecule has 0 aromatic heterocycles. The van der Waals surface area contributed by atoms with Gasteiger partial charge in [0, 0.05) is 33.9 Å². The molecule has 6 rings (SSSR count). The molecule has 0 saturated heterocycles. The van der Waals surface area contributed by atoms with E-state index in [4.69, 9.17) is 24.7 Å². The Labute approximate surface area is 241 Å². The molecule has 0 amide bonds. The van der Waals surface area contributed by atoms with Gasteiger partial charge in [-0.15, -0.1) is 0 Å². The minimum Gasteiger partial charge on any atom is -0.496 e. The van der Waals surface area contributed by atoms with Crippen LogP contribution in [0, 0.1) is 22.7 Å². The van der Waals surface area contributed by atoms with Gasteiger partial charge in [-0.3, -0.25) is 4.79 Å². The van der Waals surface area contributed by atoms with Gasteiger partial charge in [0.15, 0.2) is 5.78 Å². The summed E-state index contributed by atoms with van der Waals surface area (Å²) in [6, 6.07) is 27.2. The molecule has 4 aromatic carbocycles. The Balaban J connectivity index is 0.000000142. The van der Waals surface area contributed by atoms with Gasteiger partial charge in [-0.2, -0.15) is 10.5 Å². The number of allylic oxidation sites excluding steroid dienone is 2. The summed E-state index contributed by atoms with van der Waals surface area (Å²) in [6.45, 7) is 0.